The van der Waals surface area contributed by atoms with Gasteiger partial charge in [-0.3, -0.25) is 9.59 Å². The molecular formula is C13H17NO5. The van der Waals surface area contributed by atoms with E-state index in [0.29, 0.717) is 17.2 Å². The van der Waals surface area contributed by atoms with Gasteiger partial charge in [0.2, 0.25) is 5.91 Å². The Bertz CT molecular complexity index is 472. The molecule has 0 saturated heterocycles. The predicted molar refractivity (Wildman–Crippen MR) is 69.6 cm³/mol. The molecular weight excluding hydrogens is 250 g/mol. The smallest absolute Gasteiger partial charge is 0.315 e. The van der Waals surface area contributed by atoms with E-state index in [4.69, 9.17) is 9.47 Å². The van der Waals surface area contributed by atoms with Crippen LogP contribution in [0.3, 0.4) is 0 Å². The summed E-state index contributed by atoms with van der Waals surface area (Å²) in [4.78, 5) is 24.4. The number of ether oxygens (including phenoxy) is 3. The zero-order valence-electron chi connectivity index (χ0n) is 11.4. The Morgan fingerprint density at radius 3 is 2.37 bits per heavy atom. The molecule has 1 aromatic carbocycles. The first-order valence-corrected chi connectivity index (χ1v) is 5.58. The molecule has 0 aliphatic rings. The van der Waals surface area contributed by atoms with Gasteiger partial charge in [0.1, 0.15) is 17.9 Å². The van der Waals surface area contributed by atoms with Crippen LogP contribution in [0.25, 0.3) is 0 Å². The van der Waals surface area contributed by atoms with Crippen molar-refractivity contribution in [3.63, 3.8) is 0 Å². The summed E-state index contributed by atoms with van der Waals surface area (Å²) in [6.07, 6.45) is -0.326. The Labute approximate surface area is 111 Å². The van der Waals surface area contributed by atoms with Gasteiger partial charge in [-0.05, 0) is 12.1 Å². The summed E-state index contributed by atoms with van der Waals surface area (Å²) in [6.45, 7) is 0. The number of carbonyl (C=O) groups excluding carboxylic acids is 2. The molecule has 0 bridgehead atoms. The second kappa shape index (κ2) is 6.63. The topological polar surface area (TPSA) is 65.1 Å². The molecule has 0 spiro atoms. The molecule has 104 valence electrons. The molecule has 1 rings (SSSR count). The third kappa shape index (κ3) is 3.61. The van der Waals surface area contributed by atoms with Gasteiger partial charge in [0.25, 0.3) is 0 Å². The van der Waals surface area contributed by atoms with Crippen LogP contribution in [0, 0.1) is 0 Å². The number of benzene rings is 1. The van der Waals surface area contributed by atoms with Gasteiger partial charge in [-0.15, -0.1) is 0 Å². The molecule has 0 aromatic heterocycles. The lowest BCUT2D eigenvalue weighted by molar-refractivity contribution is -0.143. The monoisotopic (exact) mass is 267 g/mol. The predicted octanol–water partition coefficient (Wildman–Crippen LogP) is 1.23. The molecule has 0 aliphatic heterocycles. The van der Waals surface area contributed by atoms with Gasteiger partial charge in [0.15, 0.2) is 0 Å². The lowest BCUT2D eigenvalue weighted by atomic mass is 10.2. The summed E-state index contributed by atoms with van der Waals surface area (Å²) in [5.74, 6) is 0.132. The number of methoxy groups -OCH3 is 3. The molecule has 6 heteroatoms. The van der Waals surface area contributed by atoms with E-state index < -0.39 is 11.9 Å². The molecule has 6 nitrogen and oxygen atoms in total. The van der Waals surface area contributed by atoms with Gasteiger partial charge in [-0.1, -0.05) is 0 Å². The van der Waals surface area contributed by atoms with Crippen LogP contribution < -0.4 is 14.4 Å². The van der Waals surface area contributed by atoms with E-state index in [1.807, 2.05) is 0 Å². The molecule has 1 amide bonds. The molecule has 0 N–H and O–H groups in total. The quantitative estimate of drug-likeness (QED) is 0.593. The Morgan fingerprint density at radius 2 is 1.84 bits per heavy atom. The molecule has 0 heterocycles. The van der Waals surface area contributed by atoms with Crippen LogP contribution >= 0.6 is 0 Å². The minimum absolute atomic E-state index is 0.326. The number of hydrogen-bond acceptors (Lipinski definition) is 5. The van der Waals surface area contributed by atoms with Gasteiger partial charge in [0, 0.05) is 13.1 Å². The van der Waals surface area contributed by atoms with Crippen LogP contribution in [0.5, 0.6) is 11.5 Å². The Hall–Kier alpha value is -2.24. The average Bonchev–Trinajstić information content (AvgIpc) is 2.45. The third-order valence-corrected chi connectivity index (χ3v) is 2.64. The highest BCUT2D eigenvalue weighted by Gasteiger charge is 2.19. The van der Waals surface area contributed by atoms with Crippen LogP contribution in [0.1, 0.15) is 6.42 Å². The zero-order chi connectivity index (χ0) is 14.4. The highest BCUT2D eigenvalue weighted by Crippen LogP contribution is 2.31. The van der Waals surface area contributed by atoms with Crippen LogP contribution in [0.2, 0.25) is 0 Å². The van der Waals surface area contributed by atoms with E-state index in [2.05, 4.69) is 4.74 Å². The van der Waals surface area contributed by atoms with Crippen LogP contribution in [-0.2, 0) is 14.3 Å². The van der Waals surface area contributed by atoms with E-state index in [1.54, 1.807) is 25.2 Å². The molecule has 0 aliphatic carbocycles. The minimum Gasteiger partial charge on any atom is -0.497 e. The third-order valence-electron chi connectivity index (χ3n) is 2.64. The van der Waals surface area contributed by atoms with E-state index in [1.165, 1.54) is 26.2 Å². The van der Waals surface area contributed by atoms with Crippen molar-refractivity contribution in [3.05, 3.63) is 18.2 Å². The van der Waals surface area contributed by atoms with Crippen molar-refractivity contribution in [3.8, 4) is 11.5 Å². The Morgan fingerprint density at radius 1 is 1.16 bits per heavy atom. The zero-order valence-corrected chi connectivity index (χ0v) is 11.4. The van der Waals surface area contributed by atoms with E-state index in [0.717, 1.165) is 0 Å². The Balaban J connectivity index is 2.99. The lowest BCUT2D eigenvalue weighted by Crippen LogP contribution is -2.29. The average molecular weight is 267 g/mol. The fourth-order valence-corrected chi connectivity index (χ4v) is 1.51. The normalized spacial score (nSPS) is 9.68. The van der Waals surface area contributed by atoms with Gasteiger partial charge in [0.05, 0.1) is 27.0 Å². The SMILES string of the molecule is COC(=O)CC(=O)N(C)c1cc(OC)ccc1OC. The number of esters is 1. The molecule has 0 atom stereocenters. The maximum Gasteiger partial charge on any atom is 0.315 e. The molecule has 19 heavy (non-hydrogen) atoms. The summed E-state index contributed by atoms with van der Waals surface area (Å²) in [5.41, 5.74) is 0.524. The second-order valence-corrected chi connectivity index (χ2v) is 3.74. The Kier molecular flexibility index (Phi) is 5.17. The first-order valence-electron chi connectivity index (χ1n) is 5.58. The maximum absolute atomic E-state index is 11.9. The summed E-state index contributed by atoms with van der Waals surface area (Å²) < 4.78 is 14.7. The fraction of sp³-hybridized carbons (Fsp3) is 0.385. The second-order valence-electron chi connectivity index (χ2n) is 3.74. The van der Waals surface area contributed by atoms with Gasteiger partial charge >= 0.3 is 5.97 Å². The van der Waals surface area contributed by atoms with Crippen molar-refractivity contribution < 1.29 is 23.8 Å². The summed E-state index contributed by atoms with van der Waals surface area (Å²) in [6, 6.07) is 5.07. The molecule has 0 unspecified atom stereocenters. The van der Waals surface area contributed by atoms with Crippen LogP contribution in [0.15, 0.2) is 18.2 Å². The molecule has 0 fully saturated rings. The number of rotatable bonds is 5. The summed E-state index contributed by atoms with van der Waals surface area (Å²) in [5, 5.41) is 0. The van der Waals surface area contributed by atoms with E-state index in [-0.39, 0.29) is 6.42 Å². The molecule has 0 radical (unpaired) electrons. The van der Waals surface area contributed by atoms with Crippen molar-refractivity contribution in [1.82, 2.24) is 0 Å². The number of amides is 1. The highest BCUT2D eigenvalue weighted by molar-refractivity contribution is 6.03. The summed E-state index contributed by atoms with van der Waals surface area (Å²) in [7, 11) is 5.83. The number of carbonyl (C=O) groups is 2. The standard InChI is InChI=1S/C13H17NO5/c1-14(12(15)8-13(16)19-4)10-7-9(17-2)5-6-11(10)18-3/h5-7H,8H2,1-4H3. The van der Waals surface area contributed by atoms with Crippen molar-refractivity contribution >= 4 is 17.6 Å². The first-order chi connectivity index (χ1) is 9.03. The van der Waals surface area contributed by atoms with Gasteiger partial charge in [-0.2, -0.15) is 0 Å². The van der Waals surface area contributed by atoms with Crippen molar-refractivity contribution in [2.45, 2.75) is 6.42 Å². The largest absolute Gasteiger partial charge is 0.497 e. The fourth-order valence-electron chi connectivity index (χ4n) is 1.51. The molecule has 0 saturated carbocycles. The van der Waals surface area contributed by atoms with Crippen molar-refractivity contribution in [2.24, 2.45) is 0 Å². The van der Waals surface area contributed by atoms with E-state index in [9.17, 15) is 9.59 Å². The van der Waals surface area contributed by atoms with Crippen LogP contribution in [0.4, 0.5) is 5.69 Å². The highest BCUT2D eigenvalue weighted by atomic mass is 16.5. The number of anilines is 1. The van der Waals surface area contributed by atoms with Gasteiger partial charge in [-0.25, -0.2) is 0 Å². The van der Waals surface area contributed by atoms with E-state index >= 15 is 0 Å². The van der Waals surface area contributed by atoms with Gasteiger partial charge < -0.3 is 19.1 Å². The van der Waals surface area contributed by atoms with Crippen LogP contribution in [-0.4, -0.2) is 40.3 Å². The number of hydrogen-bond donors (Lipinski definition) is 0. The van der Waals surface area contributed by atoms with Crippen molar-refractivity contribution in [1.29, 1.82) is 0 Å². The summed E-state index contributed by atoms with van der Waals surface area (Å²) >= 11 is 0. The first kappa shape index (κ1) is 14.8. The van der Waals surface area contributed by atoms with Crippen molar-refractivity contribution in [2.75, 3.05) is 33.3 Å². The minimum atomic E-state index is -0.585. The lowest BCUT2D eigenvalue weighted by Gasteiger charge is -2.20. The number of nitrogens with zero attached hydrogens (tertiary/aromatic N) is 1. The maximum atomic E-state index is 11.9. The molecule has 1 aromatic rings.